The summed E-state index contributed by atoms with van der Waals surface area (Å²) in [6, 6.07) is 15.0. The van der Waals surface area contributed by atoms with E-state index in [9.17, 15) is 14.7 Å². The predicted octanol–water partition coefficient (Wildman–Crippen LogP) is 4.81. The first-order valence-corrected chi connectivity index (χ1v) is 15.7. The lowest BCUT2D eigenvalue weighted by atomic mass is 9.62. The van der Waals surface area contributed by atoms with Gasteiger partial charge in [0, 0.05) is 72.7 Å². The lowest BCUT2D eigenvalue weighted by Crippen LogP contribution is -2.65. The molecule has 0 saturated carbocycles. The lowest BCUT2D eigenvalue weighted by Gasteiger charge is -2.52. The van der Waals surface area contributed by atoms with Crippen molar-refractivity contribution in [3.05, 3.63) is 102 Å². The van der Waals surface area contributed by atoms with Crippen LogP contribution in [0.4, 0.5) is 22.0 Å². The minimum atomic E-state index is -1.31. The fraction of sp³-hybridized carbons (Fsp3) is 0.278. The van der Waals surface area contributed by atoms with E-state index in [1.54, 1.807) is 54.9 Å². The van der Waals surface area contributed by atoms with Gasteiger partial charge >= 0.3 is 6.09 Å². The summed E-state index contributed by atoms with van der Waals surface area (Å²) in [6.45, 7) is 4.16. The smallest absolute Gasteiger partial charge is 0.407 e. The van der Waals surface area contributed by atoms with Gasteiger partial charge in [0.2, 0.25) is 5.91 Å². The van der Waals surface area contributed by atoms with Gasteiger partial charge in [-0.2, -0.15) is 0 Å². The van der Waals surface area contributed by atoms with Crippen molar-refractivity contribution in [1.82, 2.24) is 20.2 Å². The van der Waals surface area contributed by atoms with Crippen LogP contribution in [0.15, 0.2) is 79.6 Å². The largest absolute Gasteiger partial charge is 0.496 e. The Bertz CT molecular complexity index is 1880. The van der Waals surface area contributed by atoms with Gasteiger partial charge in [0.15, 0.2) is 5.78 Å². The SMILES string of the molecule is C=CC(=O)Nc1cccc(Nc2cc(C3N(C(=O)O)CC(Cc4c(OC)cc(OC)cc4OC)C(=O)C34CNCc3cc[nH]c34)ccn2)c1. The molecule has 1 saturated heterocycles. The van der Waals surface area contributed by atoms with E-state index < -0.39 is 23.5 Å². The van der Waals surface area contributed by atoms with Crippen LogP contribution in [0.25, 0.3) is 0 Å². The van der Waals surface area contributed by atoms with Gasteiger partial charge in [-0.3, -0.25) is 14.5 Å². The number of aromatic amines is 1. The van der Waals surface area contributed by atoms with Crippen molar-refractivity contribution in [2.24, 2.45) is 5.92 Å². The minimum absolute atomic E-state index is 0.0644. The maximum Gasteiger partial charge on any atom is 0.407 e. The molecule has 2 amide bonds. The number of anilines is 3. The molecule has 0 radical (unpaired) electrons. The van der Waals surface area contributed by atoms with Gasteiger partial charge in [-0.15, -0.1) is 0 Å². The molecule has 6 rings (SSSR count). The second-order valence-electron chi connectivity index (χ2n) is 11.9. The van der Waals surface area contributed by atoms with Gasteiger partial charge in [-0.25, -0.2) is 9.78 Å². The highest BCUT2D eigenvalue weighted by Gasteiger charge is 2.59. The number of aromatic nitrogens is 2. The van der Waals surface area contributed by atoms with Crippen LogP contribution in [-0.2, 0) is 28.0 Å². The van der Waals surface area contributed by atoms with E-state index in [2.05, 4.69) is 32.5 Å². The number of carbonyl (C=O) groups is 3. The first kappa shape index (κ1) is 33.1. The highest BCUT2D eigenvalue weighted by atomic mass is 16.5. The number of Topliss-reactive ketones (excluding diaryl/α,β-unsaturated/α-hetero) is 1. The van der Waals surface area contributed by atoms with E-state index in [0.29, 0.717) is 57.8 Å². The highest BCUT2D eigenvalue weighted by Crippen LogP contribution is 2.50. The molecule has 5 N–H and O–H groups in total. The third kappa shape index (κ3) is 6.16. The molecule has 0 aliphatic carbocycles. The second-order valence-corrected chi connectivity index (χ2v) is 11.9. The van der Waals surface area contributed by atoms with Gasteiger partial charge < -0.3 is 40.3 Å². The molecule has 2 aliphatic heterocycles. The van der Waals surface area contributed by atoms with Crippen LogP contribution in [0.5, 0.6) is 17.2 Å². The number of hydrogen-bond acceptors (Lipinski definition) is 9. The summed E-state index contributed by atoms with van der Waals surface area (Å²) in [6.07, 6.45) is 3.57. The number of carboxylic acid groups (broad SMARTS) is 1. The zero-order valence-corrected chi connectivity index (χ0v) is 27.4. The van der Waals surface area contributed by atoms with Gasteiger partial charge in [0.1, 0.15) is 28.5 Å². The third-order valence-electron chi connectivity index (χ3n) is 9.21. The highest BCUT2D eigenvalue weighted by molar-refractivity contribution is 5.99. The Morgan fingerprint density at radius 1 is 1.08 bits per heavy atom. The molecule has 2 aromatic carbocycles. The number of nitrogens with one attached hydrogen (secondary N) is 4. The Hall–Kier alpha value is -5.82. The molecule has 2 aliphatic rings. The molecule has 13 nitrogen and oxygen atoms in total. The van der Waals surface area contributed by atoms with Crippen LogP contribution >= 0.6 is 0 Å². The topological polar surface area (TPSA) is 167 Å². The number of ether oxygens (including phenoxy) is 3. The number of benzene rings is 2. The molecule has 3 unspecified atom stereocenters. The van der Waals surface area contributed by atoms with Crippen LogP contribution in [0, 0.1) is 5.92 Å². The summed E-state index contributed by atoms with van der Waals surface area (Å²) < 4.78 is 16.8. The average Bonchev–Trinajstić information content (AvgIpc) is 3.60. The molecule has 1 spiro atoms. The van der Waals surface area contributed by atoms with Crippen LogP contribution in [0.2, 0.25) is 0 Å². The van der Waals surface area contributed by atoms with E-state index in [1.807, 2.05) is 12.1 Å². The number of ketones is 1. The summed E-state index contributed by atoms with van der Waals surface area (Å²) in [4.78, 5) is 49.3. The van der Waals surface area contributed by atoms with Crippen molar-refractivity contribution in [1.29, 1.82) is 0 Å². The lowest BCUT2D eigenvalue weighted by molar-refractivity contribution is -0.137. The Labute approximate surface area is 283 Å². The maximum absolute atomic E-state index is 15.1. The third-order valence-corrected chi connectivity index (χ3v) is 9.21. The summed E-state index contributed by atoms with van der Waals surface area (Å²) >= 11 is 0. The number of amides is 2. The van der Waals surface area contributed by atoms with E-state index >= 15 is 4.79 Å². The molecule has 254 valence electrons. The number of likely N-dealkylation sites (tertiary alicyclic amines) is 1. The Morgan fingerprint density at radius 2 is 1.84 bits per heavy atom. The van der Waals surface area contributed by atoms with Gasteiger partial charge in [0.25, 0.3) is 0 Å². The molecule has 49 heavy (non-hydrogen) atoms. The monoisotopic (exact) mass is 666 g/mol. The number of rotatable bonds is 10. The van der Waals surface area contributed by atoms with E-state index in [0.717, 1.165) is 5.56 Å². The zero-order chi connectivity index (χ0) is 34.7. The van der Waals surface area contributed by atoms with E-state index in [1.165, 1.54) is 32.3 Å². The minimum Gasteiger partial charge on any atom is -0.496 e. The maximum atomic E-state index is 15.1. The second kappa shape index (κ2) is 13.7. The number of H-pyrrole nitrogens is 1. The van der Waals surface area contributed by atoms with Crippen molar-refractivity contribution in [2.45, 2.75) is 24.4 Å². The Kier molecular flexibility index (Phi) is 9.27. The number of pyridine rings is 1. The van der Waals surface area contributed by atoms with Crippen molar-refractivity contribution in [3.8, 4) is 17.2 Å². The summed E-state index contributed by atoms with van der Waals surface area (Å²) in [5.41, 5.74) is 2.70. The van der Waals surface area contributed by atoms with Crippen LogP contribution < -0.4 is 30.2 Å². The van der Waals surface area contributed by atoms with Gasteiger partial charge in [0.05, 0.1) is 27.4 Å². The molecule has 4 aromatic rings. The summed E-state index contributed by atoms with van der Waals surface area (Å²) in [5, 5.41) is 20.2. The fourth-order valence-electron chi connectivity index (χ4n) is 7.12. The normalized spacial score (nSPS) is 19.9. The number of hydrogen-bond donors (Lipinski definition) is 5. The van der Waals surface area contributed by atoms with Crippen molar-refractivity contribution < 1.29 is 33.7 Å². The van der Waals surface area contributed by atoms with Crippen LogP contribution in [0.1, 0.15) is 28.4 Å². The Morgan fingerprint density at radius 3 is 2.53 bits per heavy atom. The number of methoxy groups -OCH3 is 3. The summed E-state index contributed by atoms with van der Waals surface area (Å²) in [5.74, 6) is 0.715. The number of nitrogens with zero attached hydrogens (tertiary/aromatic N) is 2. The molecule has 2 aromatic heterocycles. The van der Waals surface area contributed by atoms with Gasteiger partial charge in [-0.1, -0.05) is 12.6 Å². The quantitative estimate of drug-likeness (QED) is 0.148. The molecule has 3 atom stereocenters. The summed E-state index contributed by atoms with van der Waals surface area (Å²) in [7, 11) is 4.60. The molecule has 13 heteroatoms. The first-order chi connectivity index (χ1) is 23.7. The number of carbonyl (C=O) groups excluding carboxylic acids is 2. The fourth-order valence-corrected chi connectivity index (χ4v) is 7.12. The van der Waals surface area contributed by atoms with E-state index in [-0.39, 0.29) is 31.2 Å². The standard InChI is InChI=1S/C36H38N6O7/c1-5-31(43)41-25-8-6-7-24(15-25)40-30-14-21(9-11-38-30)33-36(20-37-18-22-10-12-39-32(22)36)34(44)23(19-42(33)35(45)46)13-27-28(48-3)16-26(47-2)17-29(27)49-4/h5-12,14-17,23,33,37,39H,1,13,18-20H2,2-4H3,(H,38,40)(H,41,43)(H,45,46). The van der Waals surface area contributed by atoms with Crippen molar-refractivity contribution >= 4 is 35.0 Å². The zero-order valence-electron chi connectivity index (χ0n) is 27.4. The van der Waals surface area contributed by atoms with Crippen LogP contribution in [-0.4, -0.2) is 72.2 Å². The number of piperidine rings is 1. The molecule has 1 fully saturated rings. The molecular weight excluding hydrogens is 628 g/mol. The first-order valence-electron chi connectivity index (χ1n) is 15.7. The molecule has 0 bridgehead atoms. The van der Waals surface area contributed by atoms with Crippen molar-refractivity contribution in [2.75, 3.05) is 45.1 Å². The molecular formula is C36H38N6O7. The van der Waals surface area contributed by atoms with Crippen LogP contribution in [0.3, 0.4) is 0 Å². The Balaban J connectivity index is 1.43. The molecule has 4 heterocycles. The van der Waals surface area contributed by atoms with Gasteiger partial charge in [-0.05, 0) is 60.0 Å². The predicted molar refractivity (Wildman–Crippen MR) is 183 cm³/mol. The average molecular weight is 667 g/mol. The van der Waals surface area contributed by atoms with E-state index in [4.69, 9.17) is 14.2 Å². The number of fused-ring (bicyclic) bond motifs is 2. The van der Waals surface area contributed by atoms with Crippen molar-refractivity contribution in [3.63, 3.8) is 0 Å².